The average molecular weight is 497 g/mol. The lowest BCUT2D eigenvalue weighted by Gasteiger charge is -2.32. The minimum atomic E-state index is -0.111. The lowest BCUT2D eigenvalue weighted by molar-refractivity contribution is 0.0685. The van der Waals surface area contributed by atoms with E-state index in [2.05, 4.69) is 22.5 Å². The van der Waals surface area contributed by atoms with Crippen molar-refractivity contribution in [3.8, 4) is 11.3 Å². The topological polar surface area (TPSA) is 85.1 Å². The number of benzene rings is 2. The van der Waals surface area contributed by atoms with Gasteiger partial charge in [0.1, 0.15) is 5.69 Å². The van der Waals surface area contributed by atoms with E-state index in [-0.39, 0.29) is 11.8 Å². The van der Waals surface area contributed by atoms with Crippen LogP contribution in [0.2, 0.25) is 0 Å². The van der Waals surface area contributed by atoms with E-state index in [1.165, 1.54) is 0 Å². The van der Waals surface area contributed by atoms with Gasteiger partial charge in [0.2, 0.25) is 0 Å². The van der Waals surface area contributed by atoms with E-state index < -0.39 is 0 Å². The fraction of sp³-hybridized carbons (Fsp3) is 0.310. The SMILES string of the molecule is Cc1ccc(-c2nn(Cc3ccccc3)cc2C(=O)N2CCC(CNC(=O)c3cnn(C)c3)CC2)cc1. The molecule has 2 aromatic heterocycles. The third-order valence-electron chi connectivity index (χ3n) is 6.92. The van der Waals surface area contributed by atoms with Gasteiger partial charge in [-0.1, -0.05) is 60.2 Å². The largest absolute Gasteiger partial charge is 0.352 e. The Hall–Kier alpha value is -4.20. The van der Waals surface area contributed by atoms with Crippen molar-refractivity contribution >= 4 is 11.8 Å². The summed E-state index contributed by atoms with van der Waals surface area (Å²) in [6, 6.07) is 18.3. The molecule has 190 valence electrons. The van der Waals surface area contributed by atoms with Crippen LogP contribution in [-0.4, -0.2) is 55.9 Å². The fourth-order valence-corrected chi connectivity index (χ4v) is 4.74. The molecule has 1 N–H and O–H groups in total. The second-order valence-electron chi connectivity index (χ2n) is 9.79. The van der Waals surface area contributed by atoms with Crippen LogP contribution in [0.3, 0.4) is 0 Å². The van der Waals surface area contributed by atoms with Crippen molar-refractivity contribution in [2.45, 2.75) is 26.3 Å². The first-order chi connectivity index (χ1) is 18.0. The molecule has 5 rings (SSSR count). The number of rotatable bonds is 7. The van der Waals surface area contributed by atoms with Crippen molar-refractivity contribution in [1.29, 1.82) is 0 Å². The standard InChI is InChI=1S/C29H32N6O2/c1-21-8-10-24(11-9-21)27-26(20-35(32-27)18-23-6-4-3-5-7-23)29(37)34-14-12-22(13-15-34)16-30-28(36)25-17-31-33(2)19-25/h3-11,17,19-20,22H,12-16,18H2,1-2H3,(H,30,36). The molecular formula is C29H32N6O2. The number of likely N-dealkylation sites (tertiary alicyclic amines) is 1. The van der Waals surface area contributed by atoms with E-state index in [9.17, 15) is 9.59 Å². The quantitative estimate of drug-likeness (QED) is 0.420. The molecule has 2 aromatic carbocycles. The molecule has 37 heavy (non-hydrogen) atoms. The lowest BCUT2D eigenvalue weighted by atomic mass is 9.96. The lowest BCUT2D eigenvalue weighted by Crippen LogP contribution is -2.41. The predicted octanol–water partition coefficient (Wildman–Crippen LogP) is 3.92. The van der Waals surface area contributed by atoms with Crippen molar-refractivity contribution < 1.29 is 9.59 Å². The van der Waals surface area contributed by atoms with Crippen molar-refractivity contribution in [2.75, 3.05) is 19.6 Å². The minimum Gasteiger partial charge on any atom is -0.352 e. The van der Waals surface area contributed by atoms with E-state index in [4.69, 9.17) is 5.10 Å². The molecule has 0 unspecified atom stereocenters. The number of amides is 2. The van der Waals surface area contributed by atoms with Gasteiger partial charge in [-0.3, -0.25) is 19.0 Å². The van der Waals surface area contributed by atoms with Crippen LogP contribution in [0.4, 0.5) is 0 Å². The van der Waals surface area contributed by atoms with Crippen LogP contribution in [0.25, 0.3) is 11.3 Å². The summed E-state index contributed by atoms with van der Waals surface area (Å²) in [6.45, 7) is 4.56. The van der Waals surface area contributed by atoms with Crippen LogP contribution in [0, 0.1) is 12.8 Å². The molecular weight excluding hydrogens is 464 g/mol. The molecule has 2 amide bonds. The molecule has 8 heteroatoms. The Bertz CT molecular complexity index is 1370. The highest BCUT2D eigenvalue weighted by Gasteiger charge is 2.27. The Morgan fingerprint density at radius 2 is 1.73 bits per heavy atom. The molecule has 1 aliphatic heterocycles. The van der Waals surface area contributed by atoms with Crippen LogP contribution in [0.15, 0.2) is 73.2 Å². The second-order valence-corrected chi connectivity index (χ2v) is 9.79. The molecule has 8 nitrogen and oxygen atoms in total. The van der Waals surface area contributed by atoms with Gasteiger partial charge in [0.25, 0.3) is 11.8 Å². The van der Waals surface area contributed by atoms with Crippen LogP contribution >= 0.6 is 0 Å². The van der Waals surface area contributed by atoms with E-state index in [0.717, 1.165) is 29.5 Å². The van der Waals surface area contributed by atoms with E-state index in [0.29, 0.717) is 48.9 Å². The van der Waals surface area contributed by atoms with E-state index in [1.54, 1.807) is 24.1 Å². The molecule has 1 saturated heterocycles. The molecule has 0 atom stereocenters. The summed E-state index contributed by atoms with van der Waals surface area (Å²) < 4.78 is 3.48. The smallest absolute Gasteiger partial charge is 0.257 e. The van der Waals surface area contributed by atoms with Crippen LogP contribution < -0.4 is 5.32 Å². The minimum absolute atomic E-state index is 0.00716. The Morgan fingerprint density at radius 1 is 1.00 bits per heavy atom. The summed E-state index contributed by atoms with van der Waals surface area (Å²) in [5.41, 5.74) is 5.14. The highest BCUT2D eigenvalue weighted by molar-refractivity contribution is 6.00. The van der Waals surface area contributed by atoms with Gasteiger partial charge in [-0.15, -0.1) is 0 Å². The molecule has 0 bridgehead atoms. The molecule has 1 aliphatic rings. The zero-order valence-electron chi connectivity index (χ0n) is 21.3. The first kappa shape index (κ1) is 24.5. The van der Waals surface area contributed by atoms with Crippen LogP contribution in [-0.2, 0) is 13.6 Å². The number of hydrogen-bond acceptors (Lipinski definition) is 4. The molecule has 0 aliphatic carbocycles. The van der Waals surface area contributed by atoms with Gasteiger partial charge in [0.05, 0.1) is 23.9 Å². The molecule has 1 fully saturated rings. The van der Waals surface area contributed by atoms with Crippen molar-refractivity contribution in [3.63, 3.8) is 0 Å². The van der Waals surface area contributed by atoms with Gasteiger partial charge in [0, 0.05) is 44.6 Å². The molecule has 4 aromatic rings. The van der Waals surface area contributed by atoms with Crippen molar-refractivity contribution in [2.24, 2.45) is 13.0 Å². The number of carbonyl (C=O) groups excluding carboxylic acids is 2. The van der Waals surface area contributed by atoms with Crippen molar-refractivity contribution in [1.82, 2.24) is 29.8 Å². The van der Waals surface area contributed by atoms with Gasteiger partial charge in [-0.05, 0) is 31.2 Å². The third kappa shape index (κ3) is 5.80. The molecule has 0 spiro atoms. The normalized spacial score (nSPS) is 14.1. The number of nitrogens with one attached hydrogen (secondary N) is 1. The molecule has 0 saturated carbocycles. The maximum Gasteiger partial charge on any atom is 0.257 e. The zero-order valence-corrected chi connectivity index (χ0v) is 21.3. The maximum absolute atomic E-state index is 13.7. The molecule has 3 heterocycles. The van der Waals surface area contributed by atoms with Gasteiger partial charge in [0.15, 0.2) is 0 Å². The van der Waals surface area contributed by atoms with E-state index >= 15 is 0 Å². The summed E-state index contributed by atoms with van der Waals surface area (Å²) >= 11 is 0. The Balaban J connectivity index is 1.26. The fourth-order valence-electron chi connectivity index (χ4n) is 4.74. The van der Waals surface area contributed by atoms with Gasteiger partial charge in [-0.25, -0.2) is 0 Å². The Morgan fingerprint density at radius 3 is 2.41 bits per heavy atom. The summed E-state index contributed by atoms with van der Waals surface area (Å²) in [7, 11) is 1.79. The number of piperidine rings is 1. The Kier molecular flexibility index (Phi) is 7.16. The Labute approximate surface area is 216 Å². The second kappa shape index (κ2) is 10.8. The van der Waals surface area contributed by atoms with Crippen LogP contribution in [0.5, 0.6) is 0 Å². The highest BCUT2D eigenvalue weighted by Crippen LogP contribution is 2.26. The summed E-state index contributed by atoms with van der Waals surface area (Å²) in [5, 5.41) is 11.9. The number of carbonyl (C=O) groups is 2. The maximum atomic E-state index is 13.7. The monoisotopic (exact) mass is 496 g/mol. The third-order valence-corrected chi connectivity index (χ3v) is 6.92. The summed E-state index contributed by atoms with van der Waals surface area (Å²) in [4.78, 5) is 27.9. The van der Waals surface area contributed by atoms with Gasteiger partial charge >= 0.3 is 0 Å². The van der Waals surface area contributed by atoms with Gasteiger partial charge in [-0.2, -0.15) is 10.2 Å². The molecule has 0 radical (unpaired) electrons. The van der Waals surface area contributed by atoms with E-state index in [1.807, 2.05) is 65.2 Å². The number of aryl methyl sites for hydroxylation is 2. The zero-order chi connectivity index (χ0) is 25.8. The first-order valence-corrected chi connectivity index (χ1v) is 12.7. The average Bonchev–Trinajstić information content (AvgIpc) is 3.55. The van der Waals surface area contributed by atoms with Gasteiger partial charge < -0.3 is 10.2 Å². The number of nitrogens with zero attached hydrogens (tertiary/aromatic N) is 5. The number of hydrogen-bond donors (Lipinski definition) is 1. The van der Waals surface area contributed by atoms with Crippen LogP contribution in [0.1, 0.15) is 44.7 Å². The summed E-state index contributed by atoms with van der Waals surface area (Å²) in [5.74, 6) is 0.231. The first-order valence-electron chi connectivity index (χ1n) is 12.7. The summed E-state index contributed by atoms with van der Waals surface area (Å²) in [6.07, 6.45) is 6.85. The van der Waals surface area contributed by atoms with Crippen molar-refractivity contribution in [3.05, 3.63) is 95.4 Å². The highest BCUT2D eigenvalue weighted by atomic mass is 16.2. The number of aromatic nitrogens is 4. The predicted molar refractivity (Wildman–Crippen MR) is 142 cm³/mol.